The maximum Gasteiger partial charge on any atom is 0.416 e. The number of amides is 1. The number of fused-ring (bicyclic) bond motifs is 1. The Morgan fingerprint density at radius 1 is 1.14 bits per heavy atom. The average molecular weight is 391 g/mol. The Bertz CT molecular complexity index is 1030. The summed E-state index contributed by atoms with van der Waals surface area (Å²) < 4.78 is 48.9. The Hall–Kier alpha value is -3.63. The first-order chi connectivity index (χ1) is 13.4. The molecule has 3 aromatic rings. The van der Waals surface area contributed by atoms with Crippen LogP contribution in [0.2, 0.25) is 0 Å². The van der Waals surface area contributed by atoms with Crippen molar-refractivity contribution in [1.29, 1.82) is 0 Å². The van der Waals surface area contributed by atoms with Crippen molar-refractivity contribution in [2.45, 2.75) is 12.7 Å². The number of rotatable bonds is 4. The van der Waals surface area contributed by atoms with E-state index in [1.54, 1.807) is 18.2 Å². The standard InChI is InChI=1S/C17H12F3N5O3/c18-17(19,20)11-3-1-2-10(6-11)16-22-24-25(23-16)8-15(26)21-12-4-5-13-14(7-12)28-9-27-13/h1-7H,8-9H2,(H,21,26). The van der Waals surface area contributed by atoms with E-state index in [9.17, 15) is 18.0 Å². The predicted molar refractivity (Wildman–Crippen MR) is 89.4 cm³/mol. The lowest BCUT2D eigenvalue weighted by Crippen LogP contribution is -2.20. The number of ether oxygens (including phenoxy) is 2. The quantitative estimate of drug-likeness (QED) is 0.736. The Kier molecular flexibility index (Phi) is 4.34. The van der Waals surface area contributed by atoms with Gasteiger partial charge in [-0.15, -0.1) is 10.2 Å². The molecule has 11 heteroatoms. The lowest BCUT2D eigenvalue weighted by Gasteiger charge is -2.06. The molecule has 1 aromatic heterocycles. The zero-order chi connectivity index (χ0) is 19.7. The van der Waals surface area contributed by atoms with Crippen LogP contribution in [0.3, 0.4) is 0 Å². The largest absolute Gasteiger partial charge is 0.454 e. The molecule has 1 N–H and O–H groups in total. The first kappa shape index (κ1) is 17.8. The van der Waals surface area contributed by atoms with E-state index >= 15 is 0 Å². The SMILES string of the molecule is O=C(Cn1nnc(-c2cccc(C(F)(F)F)c2)n1)Nc1ccc2c(c1)OCO2. The Labute approximate surface area is 155 Å². The van der Waals surface area contributed by atoms with Crippen molar-refractivity contribution in [1.82, 2.24) is 20.2 Å². The molecule has 144 valence electrons. The molecule has 0 unspecified atom stereocenters. The van der Waals surface area contributed by atoms with Crippen molar-refractivity contribution in [3.8, 4) is 22.9 Å². The van der Waals surface area contributed by atoms with Gasteiger partial charge in [0.05, 0.1) is 5.56 Å². The number of carbonyl (C=O) groups excluding carboxylic acids is 1. The lowest BCUT2D eigenvalue weighted by atomic mass is 10.1. The summed E-state index contributed by atoms with van der Waals surface area (Å²) in [6, 6.07) is 9.49. The van der Waals surface area contributed by atoms with E-state index in [0.717, 1.165) is 16.9 Å². The number of tetrazole rings is 1. The van der Waals surface area contributed by atoms with E-state index in [0.29, 0.717) is 17.2 Å². The fourth-order valence-corrected chi connectivity index (χ4v) is 2.56. The lowest BCUT2D eigenvalue weighted by molar-refractivity contribution is -0.137. The number of hydrogen-bond acceptors (Lipinski definition) is 6. The number of carbonyl (C=O) groups is 1. The minimum atomic E-state index is -4.48. The Morgan fingerprint density at radius 3 is 2.79 bits per heavy atom. The summed E-state index contributed by atoms with van der Waals surface area (Å²) in [5, 5.41) is 14.0. The van der Waals surface area contributed by atoms with Gasteiger partial charge in [0.15, 0.2) is 11.5 Å². The fourth-order valence-electron chi connectivity index (χ4n) is 2.56. The Balaban J connectivity index is 1.44. The summed E-state index contributed by atoms with van der Waals surface area (Å²) in [6.45, 7) is -0.145. The molecule has 1 aliphatic heterocycles. The van der Waals surface area contributed by atoms with Crippen molar-refractivity contribution >= 4 is 11.6 Å². The number of aromatic nitrogens is 4. The monoisotopic (exact) mass is 391 g/mol. The number of benzene rings is 2. The zero-order valence-corrected chi connectivity index (χ0v) is 14.1. The summed E-state index contributed by atoms with van der Waals surface area (Å²) in [6.07, 6.45) is -4.48. The third kappa shape index (κ3) is 3.72. The summed E-state index contributed by atoms with van der Waals surface area (Å²) in [7, 11) is 0. The maximum absolute atomic E-state index is 12.8. The Morgan fingerprint density at radius 2 is 1.96 bits per heavy atom. The predicted octanol–water partition coefficient (Wildman–Crippen LogP) is 2.73. The smallest absolute Gasteiger partial charge is 0.416 e. The molecule has 0 spiro atoms. The number of anilines is 1. The van der Waals surface area contributed by atoms with Gasteiger partial charge in [0, 0.05) is 17.3 Å². The number of nitrogens with zero attached hydrogens (tertiary/aromatic N) is 4. The second-order valence-corrected chi connectivity index (χ2v) is 5.84. The maximum atomic E-state index is 12.8. The van der Waals surface area contributed by atoms with Crippen LogP contribution >= 0.6 is 0 Å². The van der Waals surface area contributed by atoms with Gasteiger partial charge in [-0.3, -0.25) is 4.79 Å². The van der Waals surface area contributed by atoms with Gasteiger partial charge < -0.3 is 14.8 Å². The van der Waals surface area contributed by atoms with Crippen molar-refractivity contribution in [3.63, 3.8) is 0 Å². The highest BCUT2D eigenvalue weighted by atomic mass is 19.4. The topological polar surface area (TPSA) is 91.2 Å². The van der Waals surface area contributed by atoms with E-state index in [2.05, 4.69) is 20.7 Å². The molecule has 8 nitrogen and oxygen atoms in total. The van der Waals surface area contributed by atoms with Crippen molar-refractivity contribution in [3.05, 3.63) is 48.0 Å². The molecule has 0 fully saturated rings. The van der Waals surface area contributed by atoms with Crippen molar-refractivity contribution in [2.24, 2.45) is 0 Å². The molecule has 1 amide bonds. The van der Waals surface area contributed by atoms with Crippen LogP contribution in [0.15, 0.2) is 42.5 Å². The van der Waals surface area contributed by atoms with Crippen LogP contribution in [0.4, 0.5) is 18.9 Å². The molecule has 0 aliphatic carbocycles. The molecule has 0 saturated heterocycles. The number of hydrogen-bond donors (Lipinski definition) is 1. The third-order valence-corrected chi connectivity index (χ3v) is 3.84. The van der Waals surface area contributed by atoms with Crippen LogP contribution < -0.4 is 14.8 Å². The minimum absolute atomic E-state index is 0.0121. The molecular formula is C17H12F3N5O3. The molecule has 1 aliphatic rings. The van der Waals surface area contributed by atoms with Crippen LogP contribution in [0, 0.1) is 0 Å². The van der Waals surface area contributed by atoms with Gasteiger partial charge in [-0.25, -0.2) is 0 Å². The summed E-state index contributed by atoms with van der Waals surface area (Å²) in [5.74, 6) is 0.652. The molecule has 0 saturated carbocycles. The van der Waals surface area contributed by atoms with Gasteiger partial charge in [-0.1, -0.05) is 12.1 Å². The van der Waals surface area contributed by atoms with E-state index in [-0.39, 0.29) is 24.7 Å². The zero-order valence-electron chi connectivity index (χ0n) is 14.1. The summed E-state index contributed by atoms with van der Waals surface area (Å²) in [4.78, 5) is 13.2. The molecule has 0 radical (unpaired) electrons. The van der Waals surface area contributed by atoms with Gasteiger partial charge >= 0.3 is 6.18 Å². The molecular weight excluding hydrogens is 379 g/mol. The highest BCUT2D eigenvalue weighted by molar-refractivity contribution is 5.90. The van der Waals surface area contributed by atoms with Gasteiger partial charge in [-0.2, -0.15) is 18.0 Å². The second-order valence-electron chi connectivity index (χ2n) is 5.84. The molecule has 2 aromatic carbocycles. The highest BCUT2D eigenvalue weighted by Gasteiger charge is 2.30. The van der Waals surface area contributed by atoms with E-state index in [1.165, 1.54) is 12.1 Å². The van der Waals surface area contributed by atoms with Crippen molar-refractivity contribution in [2.75, 3.05) is 12.1 Å². The minimum Gasteiger partial charge on any atom is -0.454 e. The first-order valence-electron chi connectivity index (χ1n) is 8.03. The van der Waals surface area contributed by atoms with Crippen molar-refractivity contribution < 1.29 is 27.4 Å². The average Bonchev–Trinajstić information content (AvgIpc) is 3.30. The normalized spacial score (nSPS) is 12.8. The van der Waals surface area contributed by atoms with Crippen LogP contribution in [-0.4, -0.2) is 32.9 Å². The van der Waals surface area contributed by atoms with E-state index in [4.69, 9.17) is 9.47 Å². The number of halogens is 3. The van der Waals surface area contributed by atoms with Crippen LogP contribution in [0.1, 0.15) is 5.56 Å². The van der Waals surface area contributed by atoms with Gasteiger partial charge in [0.2, 0.25) is 18.5 Å². The van der Waals surface area contributed by atoms with Crippen LogP contribution in [-0.2, 0) is 17.5 Å². The van der Waals surface area contributed by atoms with Gasteiger partial charge in [0.25, 0.3) is 0 Å². The summed E-state index contributed by atoms with van der Waals surface area (Å²) >= 11 is 0. The van der Waals surface area contributed by atoms with E-state index in [1.807, 2.05) is 0 Å². The third-order valence-electron chi connectivity index (χ3n) is 3.84. The van der Waals surface area contributed by atoms with E-state index < -0.39 is 17.6 Å². The first-order valence-corrected chi connectivity index (χ1v) is 8.03. The van der Waals surface area contributed by atoms with Gasteiger partial charge in [0.1, 0.15) is 6.54 Å². The van der Waals surface area contributed by atoms with Gasteiger partial charge in [-0.05, 0) is 29.5 Å². The molecule has 28 heavy (non-hydrogen) atoms. The number of nitrogens with one attached hydrogen (secondary N) is 1. The molecule has 2 heterocycles. The highest BCUT2D eigenvalue weighted by Crippen LogP contribution is 2.34. The fraction of sp³-hybridized carbons (Fsp3) is 0.176. The van der Waals surface area contributed by atoms with Crippen LogP contribution in [0.25, 0.3) is 11.4 Å². The number of alkyl halides is 3. The summed E-state index contributed by atoms with van der Waals surface area (Å²) in [5.41, 5.74) is -0.174. The van der Waals surface area contributed by atoms with Crippen LogP contribution in [0.5, 0.6) is 11.5 Å². The molecule has 4 rings (SSSR count). The second kappa shape index (κ2) is 6.83. The molecule has 0 bridgehead atoms. The molecule has 0 atom stereocenters.